The van der Waals surface area contributed by atoms with Gasteiger partial charge in [0.2, 0.25) is 11.8 Å². The molecule has 0 rings (SSSR count). The highest BCUT2D eigenvalue weighted by Gasteiger charge is 2.05. The standard InChI is InChI=1S/C8H14N2O4/c1-6(11)9-5-10-7(12)3-4-8(13)14-2/h3-5H2,1-2H3,(H,9,11)(H,10,12). The molecule has 0 aliphatic heterocycles. The molecule has 0 aromatic heterocycles. The molecule has 0 unspecified atom stereocenters. The van der Waals surface area contributed by atoms with E-state index in [2.05, 4.69) is 15.4 Å². The van der Waals surface area contributed by atoms with Crippen molar-refractivity contribution in [3.05, 3.63) is 0 Å². The van der Waals surface area contributed by atoms with Crippen molar-refractivity contribution in [2.75, 3.05) is 13.8 Å². The van der Waals surface area contributed by atoms with E-state index in [1.54, 1.807) is 0 Å². The van der Waals surface area contributed by atoms with Crippen LogP contribution in [0, 0.1) is 0 Å². The van der Waals surface area contributed by atoms with Crippen molar-refractivity contribution in [1.29, 1.82) is 0 Å². The maximum absolute atomic E-state index is 11.0. The number of methoxy groups -OCH3 is 1. The lowest BCUT2D eigenvalue weighted by molar-refractivity contribution is -0.142. The molecule has 0 aliphatic rings. The van der Waals surface area contributed by atoms with Crippen LogP contribution in [0.25, 0.3) is 0 Å². The van der Waals surface area contributed by atoms with Gasteiger partial charge in [-0.1, -0.05) is 0 Å². The molecule has 0 aliphatic carbocycles. The molecule has 0 fully saturated rings. The van der Waals surface area contributed by atoms with Crippen molar-refractivity contribution in [3.8, 4) is 0 Å². The average Bonchev–Trinajstić information content (AvgIpc) is 2.13. The Kier molecular flexibility index (Phi) is 6.09. The Morgan fingerprint density at radius 2 is 1.79 bits per heavy atom. The predicted molar refractivity (Wildman–Crippen MR) is 48.1 cm³/mol. The molecule has 6 heteroatoms. The quantitative estimate of drug-likeness (QED) is 0.449. The normalized spacial score (nSPS) is 9.00. The lowest BCUT2D eigenvalue weighted by Crippen LogP contribution is -2.36. The summed E-state index contributed by atoms with van der Waals surface area (Å²) in [7, 11) is 1.26. The minimum absolute atomic E-state index is 0.0441. The topological polar surface area (TPSA) is 84.5 Å². The fraction of sp³-hybridized carbons (Fsp3) is 0.625. The highest BCUT2D eigenvalue weighted by molar-refractivity contribution is 5.81. The summed E-state index contributed by atoms with van der Waals surface area (Å²) < 4.78 is 4.35. The second-order valence-corrected chi connectivity index (χ2v) is 2.59. The molecule has 2 N–H and O–H groups in total. The highest BCUT2D eigenvalue weighted by atomic mass is 16.5. The molecule has 0 radical (unpaired) electrons. The highest BCUT2D eigenvalue weighted by Crippen LogP contribution is 1.90. The van der Waals surface area contributed by atoms with E-state index in [0.29, 0.717) is 0 Å². The molecule has 0 aromatic rings. The van der Waals surface area contributed by atoms with Crippen LogP contribution in [-0.4, -0.2) is 31.6 Å². The third-order valence-corrected chi connectivity index (χ3v) is 1.41. The van der Waals surface area contributed by atoms with E-state index in [-0.39, 0.29) is 31.3 Å². The smallest absolute Gasteiger partial charge is 0.306 e. The Balaban J connectivity index is 3.46. The van der Waals surface area contributed by atoms with Gasteiger partial charge in [0.1, 0.15) is 0 Å². The summed E-state index contributed by atoms with van der Waals surface area (Å²) in [5, 5.41) is 4.81. The molecule has 0 saturated carbocycles. The first kappa shape index (κ1) is 12.4. The monoisotopic (exact) mass is 202 g/mol. The van der Waals surface area contributed by atoms with Gasteiger partial charge in [0.15, 0.2) is 0 Å². The van der Waals surface area contributed by atoms with Crippen molar-refractivity contribution in [2.45, 2.75) is 19.8 Å². The molecule has 6 nitrogen and oxygen atoms in total. The molecule has 0 bridgehead atoms. The van der Waals surface area contributed by atoms with Gasteiger partial charge in [0.05, 0.1) is 20.2 Å². The number of amides is 2. The minimum atomic E-state index is -0.431. The molecule has 80 valence electrons. The zero-order valence-corrected chi connectivity index (χ0v) is 8.25. The van der Waals surface area contributed by atoms with E-state index < -0.39 is 5.97 Å². The second-order valence-electron chi connectivity index (χ2n) is 2.59. The first-order valence-corrected chi connectivity index (χ1v) is 4.14. The zero-order valence-electron chi connectivity index (χ0n) is 8.25. The Labute approximate surface area is 82.0 Å². The van der Waals surface area contributed by atoms with Crippen LogP contribution in [0.1, 0.15) is 19.8 Å². The third-order valence-electron chi connectivity index (χ3n) is 1.41. The molecule has 2 amide bonds. The summed E-state index contributed by atoms with van der Waals surface area (Å²) in [5.74, 6) is -0.956. The molecule has 0 saturated heterocycles. The molecule has 0 heterocycles. The van der Waals surface area contributed by atoms with Gasteiger partial charge in [-0.3, -0.25) is 14.4 Å². The summed E-state index contributed by atoms with van der Waals surface area (Å²) in [6.07, 6.45) is 0.106. The van der Waals surface area contributed by atoms with Crippen molar-refractivity contribution in [3.63, 3.8) is 0 Å². The van der Waals surface area contributed by atoms with Crippen molar-refractivity contribution in [2.24, 2.45) is 0 Å². The molecule has 0 atom stereocenters. The third kappa shape index (κ3) is 7.08. The first-order valence-electron chi connectivity index (χ1n) is 4.14. The van der Waals surface area contributed by atoms with E-state index in [4.69, 9.17) is 0 Å². The average molecular weight is 202 g/mol. The molecule has 14 heavy (non-hydrogen) atoms. The number of carbonyl (C=O) groups is 3. The first-order chi connectivity index (χ1) is 6.56. The van der Waals surface area contributed by atoms with Crippen LogP contribution in [-0.2, 0) is 19.1 Å². The van der Waals surface area contributed by atoms with E-state index in [1.165, 1.54) is 14.0 Å². The summed E-state index contributed by atoms with van der Waals surface area (Å²) in [5.41, 5.74) is 0. The van der Waals surface area contributed by atoms with Gasteiger partial charge in [-0.15, -0.1) is 0 Å². The largest absolute Gasteiger partial charge is 0.469 e. The van der Waals surface area contributed by atoms with Crippen LogP contribution >= 0.6 is 0 Å². The van der Waals surface area contributed by atoms with Gasteiger partial charge >= 0.3 is 5.97 Å². The van der Waals surface area contributed by atoms with Crippen LogP contribution in [0.4, 0.5) is 0 Å². The van der Waals surface area contributed by atoms with E-state index in [1.807, 2.05) is 0 Å². The van der Waals surface area contributed by atoms with Gasteiger partial charge in [-0.25, -0.2) is 0 Å². The number of hydrogen-bond acceptors (Lipinski definition) is 4. The maximum Gasteiger partial charge on any atom is 0.306 e. The molecule has 0 aromatic carbocycles. The number of carbonyl (C=O) groups excluding carboxylic acids is 3. The van der Waals surface area contributed by atoms with Crippen molar-refractivity contribution in [1.82, 2.24) is 10.6 Å². The lowest BCUT2D eigenvalue weighted by atomic mass is 10.3. The Morgan fingerprint density at radius 1 is 1.14 bits per heavy atom. The zero-order chi connectivity index (χ0) is 11.0. The van der Waals surface area contributed by atoms with Crippen LogP contribution in [0.2, 0.25) is 0 Å². The number of nitrogens with one attached hydrogen (secondary N) is 2. The number of ether oxygens (including phenoxy) is 1. The molecular weight excluding hydrogens is 188 g/mol. The van der Waals surface area contributed by atoms with Crippen LogP contribution in [0.5, 0.6) is 0 Å². The Hall–Kier alpha value is -1.59. The fourth-order valence-corrected chi connectivity index (χ4v) is 0.673. The summed E-state index contributed by atoms with van der Waals surface area (Å²) in [6.45, 7) is 1.43. The summed E-state index contributed by atoms with van der Waals surface area (Å²) in [6, 6.07) is 0. The SMILES string of the molecule is COC(=O)CCC(=O)NCNC(C)=O. The lowest BCUT2D eigenvalue weighted by Gasteiger charge is -2.04. The number of esters is 1. The van der Waals surface area contributed by atoms with Crippen LogP contribution < -0.4 is 10.6 Å². The van der Waals surface area contributed by atoms with Crippen LogP contribution in [0.15, 0.2) is 0 Å². The van der Waals surface area contributed by atoms with Gasteiger partial charge in [-0.2, -0.15) is 0 Å². The van der Waals surface area contributed by atoms with Gasteiger partial charge in [-0.05, 0) is 0 Å². The van der Waals surface area contributed by atoms with Gasteiger partial charge < -0.3 is 15.4 Å². The second kappa shape index (κ2) is 6.88. The fourth-order valence-electron chi connectivity index (χ4n) is 0.673. The predicted octanol–water partition coefficient (Wildman–Crippen LogP) is -0.851. The van der Waals surface area contributed by atoms with E-state index in [0.717, 1.165) is 0 Å². The molecule has 0 spiro atoms. The number of hydrogen-bond donors (Lipinski definition) is 2. The number of rotatable bonds is 5. The van der Waals surface area contributed by atoms with Gasteiger partial charge in [0, 0.05) is 13.3 Å². The van der Waals surface area contributed by atoms with E-state index in [9.17, 15) is 14.4 Å². The Bertz CT molecular complexity index is 227. The maximum atomic E-state index is 11.0. The minimum Gasteiger partial charge on any atom is -0.469 e. The summed E-state index contributed by atoms with van der Waals surface area (Å²) in [4.78, 5) is 32.0. The summed E-state index contributed by atoms with van der Waals surface area (Å²) >= 11 is 0. The van der Waals surface area contributed by atoms with Crippen molar-refractivity contribution >= 4 is 17.8 Å². The van der Waals surface area contributed by atoms with E-state index >= 15 is 0 Å². The molecular formula is C8H14N2O4. The van der Waals surface area contributed by atoms with Gasteiger partial charge in [0.25, 0.3) is 0 Å². The Morgan fingerprint density at radius 3 is 2.29 bits per heavy atom. The van der Waals surface area contributed by atoms with Crippen LogP contribution in [0.3, 0.4) is 0 Å². The van der Waals surface area contributed by atoms with Crippen molar-refractivity contribution < 1.29 is 19.1 Å².